The molecule has 0 radical (unpaired) electrons. The van der Waals surface area contributed by atoms with E-state index in [9.17, 15) is 0 Å². The molecule has 0 amide bonds. The summed E-state index contributed by atoms with van der Waals surface area (Å²) in [6, 6.07) is 71.9. The number of ether oxygens (including phenoxy) is 1. The van der Waals surface area contributed by atoms with Gasteiger partial charge in [-0.2, -0.15) is 0 Å². The number of para-hydroxylation sites is 4. The minimum Gasteiger partial charge on any atom is -0.456 e. The summed E-state index contributed by atoms with van der Waals surface area (Å²) in [5, 5.41) is 8.34. The molecule has 0 saturated heterocycles. The summed E-state index contributed by atoms with van der Waals surface area (Å²) in [5.41, 5.74) is 13.7. The van der Waals surface area contributed by atoms with Gasteiger partial charge in [0.1, 0.15) is 17.3 Å². The minimum absolute atomic E-state index is 0.890. The van der Waals surface area contributed by atoms with Crippen LogP contribution in [0.4, 0.5) is 0 Å². The van der Waals surface area contributed by atoms with E-state index in [1.165, 1.54) is 49.1 Å². The van der Waals surface area contributed by atoms with Crippen molar-refractivity contribution in [3.8, 4) is 56.4 Å². The van der Waals surface area contributed by atoms with Crippen LogP contribution in [-0.4, -0.2) is 14.1 Å². The molecule has 0 fully saturated rings. The van der Waals surface area contributed by atoms with Gasteiger partial charge in [-0.25, -0.2) is 4.98 Å². The summed E-state index contributed by atoms with van der Waals surface area (Å²) in [6.45, 7) is 0. The van der Waals surface area contributed by atoms with E-state index in [-0.39, 0.29) is 0 Å². The molecule has 0 saturated carbocycles. The lowest BCUT2D eigenvalue weighted by atomic mass is 9.92. The van der Waals surface area contributed by atoms with Crippen LogP contribution in [0.25, 0.3) is 110 Å². The molecule has 4 heterocycles. The van der Waals surface area contributed by atoms with Gasteiger partial charge in [0.25, 0.3) is 0 Å². The number of nitrogens with zero attached hydrogens (tertiary/aromatic N) is 3. The van der Waals surface area contributed by atoms with Crippen LogP contribution < -0.4 is 4.74 Å². The molecule has 4 heteroatoms. The Morgan fingerprint density at radius 3 is 1.93 bits per heavy atom. The number of rotatable bonds is 4. The lowest BCUT2D eigenvalue weighted by Crippen LogP contribution is -1.99. The van der Waals surface area contributed by atoms with Crippen molar-refractivity contribution >= 4 is 65.3 Å². The van der Waals surface area contributed by atoms with Gasteiger partial charge in [-0.1, -0.05) is 133 Å². The second-order valence-corrected chi connectivity index (χ2v) is 15.5. The first-order chi connectivity index (χ1) is 29.3. The van der Waals surface area contributed by atoms with Gasteiger partial charge in [-0.15, -0.1) is 0 Å². The second-order valence-electron chi connectivity index (χ2n) is 15.5. The Morgan fingerprint density at radius 2 is 1.03 bits per heavy atom. The first-order valence-electron chi connectivity index (χ1n) is 20.1. The van der Waals surface area contributed by atoms with Gasteiger partial charge in [0.05, 0.1) is 27.6 Å². The van der Waals surface area contributed by atoms with Crippen molar-refractivity contribution in [2.24, 2.45) is 0 Å². The molecule has 0 unspecified atom stereocenters. The third kappa shape index (κ3) is 4.69. The SMILES string of the molecule is c1ccc(-c2cc(-n3c4ccccc4c4cc(-c5ccc6c7c8cccc9c8c(cc7n(-c7ccccc7)c6c5)-c5ccccc5O9)ccc43)nc3ccccc23)cc1. The molecular formula is C55H33N3O. The van der Waals surface area contributed by atoms with E-state index in [1.54, 1.807) is 0 Å². The number of benzene rings is 9. The Balaban J connectivity index is 1.05. The highest BCUT2D eigenvalue weighted by molar-refractivity contribution is 6.26. The first-order valence-corrected chi connectivity index (χ1v) is 20.1. The van der Waals surface area contributed by atoms with E-state index in [0.29, 0.717) is 0 Å². The second kappa shape index (κ2) is 12.3. The molecule has 274 valence electrons. The van der Waals surface area contributed by atoms with E-state index in [2.05, 4.69) is 203 Å². The molecule has 13 rings (SSSR count). The predicted octanol–water partition coefficient (Wildman–Crippen LogP) is 14.7. The van der Waals surface area contributed by atoms with E-state index in [0.717, 1.165) is 72.5 Å². The van der Waals surface area contributed by atoms with Gasteiger partial charge in [-0.3, -0.25) is 4.57 Å². The lowest BCUT2D eigenvalue weighted by Gasteiger charge is -2.22. The molecule has 0 aliphatic carbocycles. The van der Waals surface area contributed by atoms with E-state index >= 15 is 0 Å². The Bertz CT molecular complexity index is 3690. The van der Waals surface area contributed by atoms with Gasteiger partial charge < -0.3 is 9.30 Å². The summed E-state index contributed by atoms with van der Waals surface area (Å²) >= 11 is 0. The van der Waals surface area contributed by atoms with Gasteiger partial charge in [0, 0.05) is 43.6 Å². The fourth-order valence-corrected chi connectivity index (χ4v) is 9.71. The van der Waals surface area contributed by atoms with Gasteiger partial charge in [-0.05, 0) is 99.9 Å². The van der Waals surface area contributed by atoms with Crippen LogP contribution in [0.2, 0.25) is 0 Å². The highest BCUT2D eigenvalue weighted by Gasteiger charge is 2.25. The number of fused-ring (bicyclic) bond motifs is 10. The van der Waals surface area contributed by atoms with Gasteiger partial charge in [0.15, 0.2) is 0 Å². The molecule has 3 aromatic heterocycles. The summed E-state index contributed by atoms with van der Waals surface area (Å²) in [7, 11) is 0. The molecule has 0 spiro atoms. The van der Waals surface area contributed by atoms with Crippen LogP contribution in [0, 0.1) is 0 Å². The quantitative estimate of drug-likeness (QED) is 0.179. The number of hydrogen-bond donors (Lipinski definition) is 0. The minimum atomic E-state index is 0.890. The van der Waals surface area contributed by atoms with Crippen molar-refractivity contribution in [1.29, 1.82) is 0 Å². The fourth-order valence-electron chi connectivity index (χ4n) is 9.71. The van der Waals surface area contributed by atoms with E-state index < -0.39 is 0 Å². The Labute approximate surface area is 339 Å². The van der Waals surface area contributed by atoms with Crippen molar-refractivity contribution in [3.63, 3.8) is 0 Å². The van der Waals surface area contributed by atoms with Crippen LogP contribution in [0.1, 0.15) is 0 Å². The van der Waals surface area contributed by atoms with Crippen LogP contribution in [0.15, 0.2) is 200 Å². The third-order valence-corrected chi connectivity index (χ3v) is 12.3. The first kappa shape index (κ1) is 32.2. The summed E-state index contributed by atoms with van der Waals surface area (Å²) in [6.07, 6.45) is 0. The normalized spacial score (nSPS) is 12.2. The molecule has 59 heavy (non-hydrogen) atoms. The molecule has 0 N–H and O–H groups in total. The van der Waals surface area contributed by atoms with Crippen molar-refractivity contribution < 1.29 is 4.74 Å². The summed E-state index contributed by atoms with van der Waals surface area (Å²) in [5.74, 6) is 2.70. The highest BCUT2D eigenvalue weighted by atomic mass is 16.5. The zero-order valence-corrected chi connectivity index (χ0v) is 31.8. The molecule has 12 aromatic rings. The molecule has 1 aliphatic rings. The monoisotopic (exact) mass is 751 g/mol. The predicted molar refractivity (Wildman–Crippen MR) is 244 cm³/mol. The lowest BCUT2D eigenvalue weighted by molar-refractivity contribution is 0.487. The number of aromatic nitrogens is 3. The molecule has 9 aromatic carbocycles. The fraction of sp³-hybridized carbons (Fsp3) is 0. The highest BCUT2D eigenvalue weighted by Crippen LogP contribution is 2.51. The van der Waals surface area contributed by atoms with Gasteiger partial charge in [0.2, 0.25) is 0 Å². The molecule has 0 bridgehead atoms. The van der Waals surface area contributed by atoms with E-state index in [1.807, 2.05) is 6.07 Å². The van der Waals surface area contributed by atoms with Crippen molar-refractivity contribution in [1.82, 2.24) is 14.1 Å². The maximum Gasteiger partial charge on any atom is 0.138 e. The largest absolute Gasteiger partial charge is 0.456 e. The van der Waals surface area contributed by atoms with Crippen molar-refractivity contribution in [2.45, 2.75) is 0 Å². The average molecular weight is 752 g/mol. The third-order valence-electron chi connectivity index (χ3n) is 12.3. The molecule has 1 aliphatic heterocycles. The smallest absolute Gasteiger partial charge is 0.138 e. The molecular weight excluding hydrogens is 719 g/mol. The topological polar surface area (TPSA) is 32.0 Å². The zero-order chi connectivity index (χ0) is 38.6. The Hall–Kier alpha value is -7.95. The summed E-state index contributed by atoms with van der Waals surface area (Å²) < 4.78 is 11.3. The maximum absolute atomic E-state index is 6.51. The Morgan fingerprint density at radius 1 is 0.339 bits per heavy atom. The maximum atomic E-state index is 6.51. The number of pyridine rings is 1. The van der Waals surface area contributed by atoms with Crippen LogP contribution in [0.3, 0.4) is 0 Å². The Kier molecular flexibility index (Phi) is 6.69. The molecule has 4 nitrogen and oxygen atoms in total. The average Bonchev–Trinajstić information content (AvgIpc) is 3.81. The van der Waals surface area contributed by atoms with Crippen molar-refractivity contribution in [3.05, 3.63) is 200 Å². The zero-order valence-electron chi connectivity index (χ0n) is 31.8. The van der Waals surface area contributed by atoms with Crippen molar-refractivity contribution in [2.75, 3.05) is 0 Å². The van der Waals surface area contributed by atoms with E-state index in [4.69, 9.17) is 9.72 Å². The van der Waals surface area contributed by atoms with Crippen LogP contribution in [0.5, 0.6) is 11.5 Å². The summed E-state index contributed by atoms with van der Waals surface area (Å²) in [4.78, 5) is 5.29. The number of hydrogen-bond acceptors (Lipinski definition) is 2. The van der Waals surface area contributed by atoms with Gasteiger partial charge >= 0.3 is 0 Å². The van der Waals surface area contributed by atoms with Crippen LogP contribution in [-0.2, 0) is 0 Å². The van der Waals surface area contributed by atoms with Crippen LogP contribution >= 0.6 is 0 Å². The standard InChI is InChI=1S/C55H33N3O/c1-3-14-34(15-4-1)43-33-53(56-46-22-10-7-18-38(43)46)58-47-23-11-8-19-39(47)44-30-35(27-29-48(44)58)36-26-28-41-49(31-36)57(37-16-5-2-6-17-37)50-32-45-40-20-9-12-24-51(40)59-52-25-13-21-42(54(41)50)55(45)52/h1-33H. The molecule has 0 atom stereocenters.